The Morgan fingerprint density at radius 3 is 1.47 bits per heavy atom. The van der Waals surface area contributed by atoms with Crippen LogP contribution in [0.3, 0.4) is 0 Å². The lowest BCUT2D eigenvalue weighted by atomic mass is 10.0. The lowest BCUT2D eigenvalue weighted by molar-refractivity contribution is -0.870. The SMILES string of the molecule is CCCC/C=C\CCCCCCCC(=O)OC(/C=C/CCCCCCCCCCCC)C(COP(=O)(O)OCC[N+](C)(C)C)NC(=O)CCCCCCCCCCCCC. The van der Waals surface area contributed by atoms with Crippen molar-refractivity contribution in [2.45, 2.75) is 245 Å². The van der Waals surface area contributed by atoms with Crippen molar-refractivity contribution in [1.29, 1.82) is 0 Å². The summed E-state index contributed by atoms with van der Waals surface area (Å²) >= 11 is 0. The summed E-state index contributed by atoms with van der Waals surface area (Å²) in [5.41, 5.74) is 0. The summed E-state index contributed by atoms with van der Waals surface area (Å²) in [6.07, 6.45) is 44.5. The predicted molar refractivity (Wildman–Crippen MR) is 254 cm³/mol. The summed E-state index contributed by atoms with van der Waals surface area (Å²) < 4.78 is 30.4. The van der Waals surface area contributed by atoms with E-state index in [-0.39, 0.29) is 31.5 Å². The first-order valence-corrected chi connectivity index (χ1v) is 26.7. The molecule has 0 aromatic heterocycles. The molecule has 0 aliphatic carbocycles. The molecule has 0 bridgehead atoms. The van der Waals surface area contributed by atoms with Crippen molar-refractivity contribution in [3.8, 4) is 0 Å². The molecule has 3 atom stereocenters. The molecule has 2 N–H and O–H groups in total. The number of unbranched alkanes of at least 4 members (excludes halogenated alkanes) is 27. The van der Waals surface area contributed by atoms with Crippen molar-refractivity contribution >= 4 is 19.7 Å². The minimum atomic E-state index is -4.43. The molecule has 0 heterocycles. The van der Waals surface area contributed by atoms with Gasteiger partial charge in [-0.25, -0.2) is 4.57 Å². The molecule has 10 heteroatoms. The van der Waals surface area contributed by atoms with Gasteiger partial charge in [-0.1, -0.05) is 193 Å². The molecule has 0 aliphatic heterocycles. The molecular formula is C50H98N2O7P+. The van der Waals surface area contributed by atoms with Gasteiger partial charge in [-0.05, 0) is 51.0 Å². The topological polar surface area (TPSA) is 111 Å². The minimum Gasteiger partial charge on any atom is -0.456 e. The fraction of sp³-hybridized carbons (Fsp3) is 0.880. The number of hydrogen-bond donors (Lipinski definition) is 2. The highest BCUT2D eigenvalue weighted by molar-refractivity contribution is 7.47. The first-order chi connectivity index (χ1) is 28.9. The number of hydrogen-bond acceptors (Lipinski definition) is 6. The van der Waals surface area contributed by atoms with E-state index in [1.807, 2.05) is 33.3 Å². The van der Waals surface area contributed by atoms with E-state index >= 15 is 0 Å². The molecule has 0 aromatic carbocycles. The lowest BCUT2D eigenvalue weighted by Gasteiger charge is -2.27. The lowest BCUT2D eigenvalue weighted by Crippen LogP contribution is -2.47. The van der Waals surface area contributed by atoms with E-state index in [1.165, 1.54) is 116 Å². The van der Waals surface area contributed by atoms with Crippen LogP contribution >= 0.6 is 7.82 Å². The second kappa shape index (κ2) is 41.5. The highest BCUT2D eigenvalue weighted by Crippen LogP contribution is 2.43. The average molecular weight is 870 g/mol. The van der Waals surface area contributed by atoms with Crippen molar-refractivity contribution in [2.24, 2.45) is 0 Å². The molecule has 0 aliphatic rings. The van der Waals surface area contributed by atoms with Crippen molar-refractivity contribution in [2.75, 3.05) is 40.9 Å². The van der Waals surface area contributed by atoms with E-state index in [2.05, 4.69) is 38.2 Å². The van der Waals surface area contributed by atoms with Crippen molar-refractivity contribution in [3.05, 3.63) is 24.3 Å². The largest absolute Gasteiger partial charge is 0.472 e. The second-order valence-electron chi connectivity index (χ2n) is 18.3. The first-order valence-electron chi connectivity index (χ1n) is 25.2. The van der Waals surface area contributed by atoms with Crippen LogP contribution in [0.2, 0.25) is 0 Å². The Hall–Kier alpha value is -1.51. The number of nitrogens with one attached hydrogen (secondary N) is 1. The van der Waals surface area contributed by atoms with Gasteiger partial charge in [-0.15, -0.1) is 0 Å². The van der Waals surface area contributed by atoms with Crippen molar-refractivity contribution in [3.63, 3.8) is 0 Å². The van der Waals surface area contributed by atoms with Crippen LogP contribution in [0.15, 0.2) is 24.3 Å². The monoisotopic (exact) mass is 870 g/mol. The maximum absolute atomic E-state index is 13.4. The summed E-state index contributed by atoms with van der Waals surface area (Å²) in [6, 6.07) is -0.842. The standard InChI is InChI=1S/C50H97N2O7P/c1-7-10-13-16-19-22-25-28-29-32-35-38-41-48(59-50(54)43-40-37-34-31-27-24-21-18-15-12-9-3)47(46-58-60(55,56)57-45-44-52(4,5)6)51-49(53)42-39-36-33-30-26-23-20-17-14-11-8-2/h18,21,38,41,47-48H,7-17,19-20,22-37,39-40,42-46H2,1-6H3,(H-,51,53,55,56)/p+1/b21-18-,41-38+. The Morgan fingerprint density at radius 1 is 0.567 bits per heavy atom. The summed E-state index contributed by atoms with van der Waals surface area (Å²) in [5.74, 6) is -0.513. The third kappa shape index (κ3) is 41.8. The van der Waals surface area contributed by atoms with Gasteiger partial charge >= 0.3 is 13.8 Å². The number of rotatable bonds is 45. The molecular weight excluding hydrogens is 772 g/mol. The van der Waals surface area contributed by atoms with Gasteiger partial charge in [0.2, 0.25) is 5.91 Å². The fourth-order valence-corrected chi connectivity index (χ4v) is 7.89. The normalized spacial score (nSPS) is 14.2. The molecule has 9 nitrogen and oxygen atoms in total. The molecule has 354 valence electrons. The molecule has 0 radical (unpaired) electrons. The van der Waals surface area contributed by atoms with E-state index in [0.717, 1.165) is 83.5 Å². The number of phosphoric acid groups is 1. The zero-order valence-electron chi connectivity index (χ0n) is 40.2. The Kier molecular flexibility index (Phi) is 40.5. The van der Waals surface area contributed by atoms with Gasteiger partial charge in [0.15, 0.2) is 0 Å². The quantitative estimate of drug-likeness (QED) is 0.0206. The number of carbonyl (C=O) groups is 2. The first kappa shape index (κ1) is 58.5. The third-order valence-corrected chi connectivity index (χ3v) is 12.1. The molecule has 0 spiro atoms. The van der Waals surface area contributed by atoms with Gasteiger partial charge in [0.05, 0.1) is 33.8 Å². The molecule has 0 fully saturated rings. The average Bonchev–Trinajstić information content (AvgIpc) is 3.20. The zero-order chi connectivity index (χ0) is 44.4. The number of nitrogens with zero attached hydrogens (tertiary/aromatic N) is 1. The van der Waals surface area contributed by atoms with Crippen molar-refractivity contribution < 1.29 is 37.3 Å². The van der Waals surface area contributed by atoms with Gasteiger partial charge < -0.3 is 19.4 Å². The van der Waals surface area contributed by atoms with E-state index in [4.69, 9.17) is 13.8 Å². The van der Waals surface area contributed by atoms with Gasteiger partial charge in [0.25, 0.3) is 0 Å². The summed E-state index contributed by atoms with van der Waals surface area (Å²) in [6.45, 7) is 6.95. The van der Waals surface area contributed by atoms with Gasteiger partial charge in [-0.3, -0.25) is 18.6 Å². The molecule has 0 saturated carbocycles. The van der Waals surface area contributed by atoms with Crippen LogP contribution in [0.4, 0.5) is 0 Å². The maximum Gasteiger partial charge on any atom is 0.472 e. The van der Waals surface area contributed by atoms with Crippen LogP contribution in [0.5, 0.6) is 0 Å². The predicted octanol–water partition coefficient (Wildman–Crippen LogP) is 14.3. The maximum atomic E-state index is 13.4. The van der Waals surface area contributed by atoms with E-state index < -0.39 is 20.0 Å². The number of esters is 1. The Balaban J connectivity index is 5.47. The zero-order valence-corrected chi connectivity index (χ0v) is 41.1. The van der Waals surface area contributed by atoms with Crippen LogP contribution < -0.4 is 5.32 Å². The Bertz CT molecular complexity index is 1090. The highest BCUT2D eigenvalue weighted by Gasteiger charge is 2.30. The minimum absolute atomic E-state index is 0.0417. The summed E-state index contributed by atoms with van der Waals surface area (Å²) in [5, 5.41) is 3.03. The number of phosphoric ester groups is 1. The number of carbonyl (C=O) groups excluding carboxylic acids is 2. The van der Waals surface area contributed by atoms with Crippen LogP contribution in [0.1, 0.15) is 233 Å². The number of allylic oxidation sites excluding steroid dienone is 3. The number of ether oxygens (including phenoxy) is 1. The fourth-order valence-electron chi connectivity index (χ4n) is 7.15. The molecule has 0 saturated heterocycles. The highest BCUT2D eigenvalue weighted by atomic mass is 31.2. The molecule has 0 aromatic rings. The molecule has 60 heavy (non-hydrogen) atoms. The van der Waals surface area contributed by atoms with E-state index in [0.29, 0.717) is 17.4 Å². The van der Waals surface area contributed by atoms with Crippen LogP contribution in [-0.4, -0.2) is 74.3 Å². The van der Waals surface area contributed by atoms with E-state index in [9.17, 15) is 19.0 Å². The summed E-state index contributed by atoms with van der Waals surface area (Å²) in [7, 11) is 1.50. The smallest absolute Gasteiger partial charge is 0.456 e. The Labute approximate surface area is 371 Å². The van der Waals surface area contributed by atoms with Crippen LogP contribution in [0, 0.1) is 0 Å². The third-order valence-electron chi connectivity index (χ3n) is 11.1. The summed E-state index contributed by atoms with van der Waals surface area (Å²) in [4.78, 5) is 37.3. The number of amides is 1. The molecule has 3 unspecified atom stereocenters. The van der Waals surface area contributed by atoms with Crippen LogP contribution in [0.25, 0.3) is 0 Å². The second-order valence-corrected chi connectivity index (χ2v) is 19.8. The van der Waals surface area contributed by atoms with Crippen molar-refractivity contribution in [1.82, 2.24) is 5.32 Å². The van der Waals surface area contributed by atoms with E-state index in [1.54, 1.807) is 0 Å². The van der Waals surface area contributed by atoms with Crippen LogP contribution in [-0.2, 0) is 27.9 Å². The molecule has 1 amide bonds. The molecule has 0 rings (SSSR count). The number of quaternary nitrogens is 1. The van der Waals surface area contributed by atoms with Gasteiger partial charge in [0.1, 0.15) is 19.3 Å². The Morgan fingerprint density at radius 2 is 0.983 bits per heavy atom. The van der Waals surface area contributed by atoms with Gasteiger partial charge in [-0.2, -0.15) is 0 Å². The van der Waals surface area contributed by atoms with Gasteiger partial charge in [0, 0.05) is 12.8 Å². The number of likely N-dealkylation sites (N-methyl/N-ethyl adjacent to an activating group) is 1.